The second-order valence-electron chi connectivity index (χ2n) is 5.68. The van der Waals surface area contributed by atoms with Gasteiger partial charge in [-0.3, -0.25) is 0 Å². The molecule has 0 radical (unpaired) electrons. The lowest BCUT2D eigenvalue weighted by molar-refractivity contribution is 0.473. The van der Waals surface area contributed by atoms with Crippen molar-refractivity contribution < 1.29 is 17.7 Å². The van der Waals surface area contributed by atoms with E-state index in [1.165, 1.54) is 12.1 Å². The van der Waals surface area contributed by atoms with Crippen LogP contribution in [-0.4, -0.2) is 13.5 Å². The van der Waals surface area contributed by atoms with Crippen LogP contribution < -0.4 is 4.18 Å². The third-order valence-electron chi connectivity index (χ3n) is 4.05. The number of fused-ring (bicyclic) bond motifs is 2. The first-order valence-corrected chi connectivity index (χ1v) is 9.09. The summed E-state index contributed by atoms with van der Waals surface area (Å²) < 4.78 is 30.8. The summed E-state index contributed by atoms with van der Waals surface area (Å²) in [7, 11) is -4.08. The molecule has 0 saturated carbocycles. The summed E-state index contributed by atoms with van der Waals surface area (Å²) in [5.41, 5.74) is 0. The number of hydrogen-bond donors (Lipinski definition) is 1. The summed E-state index contributed by atoms with van der Waals surface area (Å²) in [5.74, 6) is 0.156. The van der Waals surface area contributed by atoms with Crippen LogP contribution in [0.4, 0.5) is 0 Å². The molecule has 0 atom stereocenters. The van der Waals surface area contributed by atoms with Gasteiger partial charge < -0.3 is 9.29 Å². The van der Waals surface area contributed by atoms with Crippen LogP contribution in [0, 0.1) is 0 Å². The molecular formula is C20H14O4S. The van der Waals surface area contributed by atoms with Gasteiger partial charge in [-0.1, -0.05) is 60.7 Å². The molecule has 0 aliphatic heterocycles. The zero-order valence-electron chi connectivity index (χ0n) is 13.1. The predicted octanol–water partition coefficient (Wildman–Crippen LogP) is 4.47. The van der Waals surface area contributed by atoms with E-state index in [1.807, 2.05) is 24.3 Å². The van der Waals surface area contributed by atoms with E-state index in [-0.39, 0.29) is 16.4 Å². The molecule has 0 aliphatic carbocycles. The van der Waals surface area contributed by atoms with Gasteiger partial charge in [-0.25, -0.2) is 0 Å². The fourth-order valence-corrected chi connectivity index (χ4v) is 3.85. The third kappa shape index (κ3) is 2.79. The molecule has 25 heavy (non-hydrogen) atoms. The minimum absolute atomic E-state index is 0.0864. The van der Waals surface area contributed by atoms with Crippen molar-refractivity contribution in [2.24, 2.45) is 0 Å². The van der Waals surface area contributed by atoms with Gasteiger partial charge in [0.1, 0.15) is 10.6 Å². The number of phenolic OH excluding ortho intramolecular Hbond substituents is 1. The zero-order chi connectivity index (χ0) is 17.4. The van der Waals surface area contributed by atoms with E-state index in [4.69, 9.17) is 4.18 Å². The molecule has 124 valence electrons. The highest BCUT2D eigenvalue weighted by molar-refractivity contribution is 7.87. The molecule has 0 fully saturated rings. The SMILES string of the molecule is O=S(=O)(Oc1cccc2ccccc12)c1cc(O)c2ccccc2c1. The molecule has 0 bridgehead atoms. The minimum Gasteiger partial charge on any atom is -0.507 e. The maximum Gasteiger partial charge on any atom is 0.339 e. The molecule has 0 amide bonds. The lowest BCUT2D eigenvalue weighted by atomic mass is 10.1. The molecule has 0 spiro atoms. The van der Waals surface area contributed by atoms with Crippen LogP contribution in [0.3, 0.4) is 0 Å². The normalized spacial score (nSPS) is 11.7. The topological polar surface area (TPSA) is 63.6 Å². The number of rotatable bonds is 3. The Balaban J connectivity index is 1.82. The second-order valence-corrected chi connectivity index (χ2v) is 7.22. The fraction of sp³-hybridized carbons (Fsp3) is 0. The number of benzene rings is 4. The van der Waals surface area contributed by atoms with Crippen LogP contribution in [-0.2, 0) is 10.1 Å². The summed E-state index contributed by atoms with van der Waals surface area (Å²) in [6, 6.07) is 22.4. The van der Waals surface area contributed by atoms with Crippen molar-refractivity contribution in [1.29, 1.82) is 0 Å². The van der Waals surface area contributed by atoms with E-state index in [0.29, 0.717) is 16.2 Å². The molecule has 0 unspecified atom stereocenters. The Kier molecular flexibility index (Phi) is 3.58. The van der Waals surface area contributed by atoms with E-state index in [9.17, 15) is 13.5 Å². The molecule has 0 aromatic heterocycles. The standard InChI is InChI=1S/C20H14O4S/c21-19-13-16(12-15-7-2-3-9-17(15)19)25(22,23)24-20-11-5-8-14-6-1-4-10-18(14)20/h1-13,21H. The van der Waals surface area contributed by atoms with E-state index in [2.05, 4.69) is 0 Å². The van der Waals surface area contributed by atoms with Crippen molar-refractivity contribution in [2.45, 2.75) is 4.90 Å². The van der Waals surface area contributed by atoms with Gasteiger partial charge in [0.2, 0.25) is 0 Å². The lowest BCUT2D eigenvalue weighted by Gasteiger charge is -2.11. The van der Waals surface area contributed by atoms with E-state index < -0.39 is 10.1 Å². The maximum absolute atomic E-state index is 12.7. The van der Waals surface area contributed by atoms with Crippen LogP contribution in [0.5, 0.6) is 11.5 Å². The van der Waals surface area contributed by atoms with Gasteiger partial charge in [0.25, 0.3) is 0 Å². The highest BCUT2D eigenvalue weighted by Gasteiger charge is 2.20. The van der Waals surface area contributed by atoms with Gasteiger partial charge in [-0.2, -0.15) is 8.42 Å². The quantitative estimate of drug-likeness (QED) is 0.554. The van der Waals surface area contributed by atoms with Crippen molar-refractivity contribution in [1.82, 2.24) is 0 Å². The Morgan fingerprint density at radius 3 is 2.16 bits per heavy atom. The van der Waals surface area contributed by atoms with Gasteiger partial charge in [0.15, 0.2) is 5.75 Å². The highest BCUT2D eigenvalue weighted by atomic mass is 32.2. The van der Waals surface area contributed by atoms with Crippen molar-refractivity contribution in [3.8, 4) is 11.5 Å². The molecule has 0 heterocycles. The van der Waals surface area contributed by atoms with Crippen LogP contribution in [0.1, 0.15) is 0 Å². The van der Waals surface area contributed by atoms with Crippen molar-refractivity contribution in [3.63, 3.8) is 0 Å². The molecule has 4 nitrogen and oxygen atoms in total. The van der Waals surface area contributed by atoms with Gasteiger partial charge in [-0.05, 0) is 22.9 Å². The highest BCUT2D eigenvalue weighted by Crippen LogP contribution is 2.32. The van der Waals surface area contributed by atoms with E-state index >= 15 is 0 Å². The number of aromatic hydroxyl groups is 1. The monoisotopic (exact) mass is 350 g/mol. The largest absolute Gasteiger partial charge is 0.507 e. The maximum atomic E-state index is 12.7. The Labute approximate surface area is 145 Å². The van der Waals surface area contributed by atoms with Crippen molar-refractivity contribution >= 4 is 31.7 Å². The summed E-state index contributed by atoms with van der Waals surface area (Å²) in [6.07, 6.45) is 0. The molecule has 4 aromatic rings. The smallest absolute Gasteiger partial charge is 0.339 e. The second kappa shape index (κ2) is 5.79. The average Bonchev–Trinajstić information content (AvgIpc) is 2.62. The van der Waals surface area contributed by atoms with Gasteiger partial charge >= 0.3 is 10.1 Å². The Hall–Kier alpha value is -3.05. The zero-order valence-corrected chi connectivity index (χ0v) is 13.9. The molecule has 0 aliphatic rings. The first-order chi connectivity index (χ1) is 12.0. The molecule has 5 heteroatoms. The molecule has 0 saturated heterocycles. The van der Waals surface area contributed by atoms with Gasteiger partial charge in [0, 0.05) is 16.8 Å². The third-order valence-corrected chi connectivity index (χ3v) is 5.26. The summed E-state index contributed by atoms with van der Waals surface area (Å²) in [4.78, 5) is -0.0864. The fourth-order valence-electron chi connectivity index (χ4n) is 2.84. The summed E-state index contributed by atoms with van der Waals surface area (Å²) >= 11 is 0. The van der Waals surface area contributed by atoms with E-state index in [0.717, 1.165) is 5.39 Å². The van der Waals surface area contributed by atoms with Crippen LogP contribution in [0.25, 0.3) is 21.5 Å². The number of phenols is 1. The summed E-state index contributed by atoms with van der Waals surface area (Å²) in [6.45, 7) is 0. The van der Waals surface area contributed by atoms with Crippen LogP contribution in [0.2, 0.25) is 0 Å². The van der Waals surface area contributed by atoms with Crippen molar-refractivity contribution in [3.05, 3.63) is 78.9 Å². The van der Waals surface area contributed by atoms with Crippen molar-refractivity contribution in [2.75, 3.05) is 0 Å². The first kappa shape index (κ1) is 15.5. The minimum atomic E-state index is -4.08. The molecule has 1 N–H and O–H groups in total. The number of hydrogen-bond acceptors (Lipinski definition) is 4. The lowest BCUT2D eigenvalue weighted by Crippen LogP contribution is -2.10. The molecule has 4 aromatic carbocycles. The Bertz CT molecular complexity index is 1190. The summed E-state index contributed by atoms with van der Waals surface area (Å²) in [5, 5.41) is 12.9. The molecule has 4 rings (SSSR count). The Morgan fingerprint density at radius 2 is 1.36 bits per heavy atom. The van der Waals surface area contributed by atoms with Gasteiger partial charge in [-0.15, -0.1) is 0 Å². The predicted molar refractivity (Wildman–Crippen MR) is 97.4 cm³/mol. The first-order valence-electron chi connectivity index (χ1n) is 7.69. The Morgan fingerprint density at radius 1 is 0.720 bits per heavy atom. The average molecular weight is 350 g/mol. The van der Waals surface area contributed by atoms with E-state index in [1.54, 1.807) is 42.5 Å². The van der Waals surface area contributed by atoms with Crippen LogP contribution in [0.15, 0.2) is 83.8 Å². The molecular weight excluding hydrogens is 336 g/mol. The van der Waals surface area contributed by atoms with Crippen LogP contribution >= 0.6 is 0 Å². The van der Waals surface area contributed by atoms with Gasteiger partial charge in [0.05, 0.1) is 0 Å².